The van der Waals surface area contributed by atoms with Crippen LogP contribution in [0.4, 0.5) is 5.69 Å². The Labute approximate surface area is 162 Å². The van der Waals surface area contributed by atoms with E-state index in [0.717, 1.165) is 5.56 Å². The Hall–Kier alpha value is -3.49. The van der Waals surface area contributed by atoms with Gasteiger partial charge in [0.15, 0.2) is 5.75 Å². The lowest BCUT2D eigenvalue weighted by Gasteiger charge is -2.15. The standard InChI is InChI=1S/C19H22N2O7/c1-25-14-8-6-5-7-12(14)9-10-20-19(22)13-11-15(26-2)17(27-3)18(28-4)16(13)21(23)24/h5-8,11H,9-10H2,1-4H3,(H,20,22). The Morgan fingerprint density at radius 3 is 2.21 bits per heavy atom. The molecular formula is C19H22N2O7. The second kappa shape index (κ2) is 9.45. The number of benzene rings is 2. The monoisotopic (exact) mass is 390 g/mol. The Balaban J connectivity index is 2.30. The molecule has 0 aliphatic carbocycles. The molecule has 0 aliphatic heterocycles. The lowest BCUT2D eigenvalue weighted by Crippen LogP contribution is -2.26. The smallest absolute Gasteiger partial charge is 0.327 e. The first-order chi connectivity index (χ1) is 13.5. The SMILES string of the molecule is COc1ccccc1CCNC(=O)c1cc(OC)c(OC)c(OC)c1[N+](=O)[O-]. The molecule has 0 spiro atoms. The average molecular weight is 390 g/mol. The van der Waals surface area contributed by atoms with Crippen LogP contribution in [0.15, 0.2) is 30.3 Å². The molecule has 2 rings (SSSR count). The molecule has 2 aromatic carbocycles. The van der Waals surface area contributed by atoms with Gasteiger partial charge in [0.05, 0.1) is 33.4 Å². The number of hydrogen-bond donors (Lipinski definition) is 1. The Morgan fingerprint density at radius 1 is 1.00 bits per heavy atom. The highest BCUT2D eigenvalue weighted by atomic mass is 16.6. The van der Waals surface area contributed by atoms with Gasteiger partial charge in [-0.25, -0.2) is 0 Å². The van der Waals surface area contributed by atoms with E-state index in [4.69, 9.17) is 18.9 Å². The summed E-state index contributed by atoms with van der Waals surface area (Å²) in [7, 11) is 5.52. The van der Waals surface area contributed by atoms with E-state index in [9.17, 15) is 14.9 Å². The van der Waals surface area contributed by atoms with Gasteiger partial charge in [0.25, 0.3) is 5.91 Å². The zero-order chi connectivity index (χ0) is 20.7. The summed E-state index contributed by atoms with van der Waals surface area (Å²) in [6.45, 7) is 0.257. The van der Waals surface area contributed by atoms with Crippen LogP contribution in [0.5, 0.6) is 23.0 Å². The molecule has 0 saturated carbocycles. The molecule has 0 heterocycles. The van der Waals surface area contributed by atoms with E-state index in [1.165, 1.54) is 27.4 Å². The van der Waals surface area contributed by atoms with Crippen molar-refractivity contribution in [2.45, 2.75) is 6.42 Å². The number of carbonyl (C=O) groups excluding carboxylic acids is 1. The van der Waals surface area contributed by atoms with Crippen LogP contribution in [0.3, 0.4) is 0 Å². The van der Waals surface area contributed by atoms with Crippen molar-refractivity contribution in [3.8, 4) is 23.0 Å². The lowest BCUT2D eigenvalue weighted by molar-refractivity contribution is -0.386. The third-order valence-corrected chi connectivity index (χ3v) is 4.10. The summed E-state index contributed by atoms with van der Waals surface area (Å²) < 4.78 is 20.7. The van der Waals surface area contributed by atoms with E-state index < -0.39 is 16.5 Å². The van der Waals surface area contributed by atoms with Crippen molar-refractivity contribution in [3.63, 3.8) is 0 Å². The molecule has 9 heteroatoms. The van der Waals surface area contributed by atoms with E-state index in [2.05, 4.69) is 5.32 Å². The van der Waals surface area contributed by atoms with E-state index >= 15 is 0 Å². The first kappa shape index (κ1) is 20.8. The second-order valence-electron chi connectivity index (χ2n) is 5.62. The summed E-state index contributed by atoms with van der Waals surface area (Å²) in [5.74, 6) is 0.0974. The number of methoxy groups -OCH3 is 4. The summed E-state index contributed by atoms with van der Waals surface area (Å²) in [6.07, 6.45) is 0.494. The first-order valence-electron chi connectivity index (χ1n) is 8.35. The number of nitro groups is 1. The Kier molecular flexibility index (Phi) is 7.02. The van der Waals surface area contributed by atoms with Crippen molar-refractivity contribution in [2.24, 2.45) is 0 Å². The van der Waals surface area contributed by atoms with Crippen LogP contribution in [0.2, 0.25) is 0 Å². The van der Waals surface area contributed by atoms with E-state index in [-0.39, 0.29) is 29.4 Å². The van der Waals surface area contributed by atoms with Gasteiger partial charge in [-0.3, -0.25) is 14.9 Å². The van der Waals surface area contributed by atoms with Crippen LogP contribution in [0, 0.1) is 10.1 Å². The van der Waals surface area contributed by atoms with Crippen molar-refractivity contribution >= 4 is 11.6 Å². The summed E-state index contributed by atoms with van der Waals surface area (Å²) >= 11 is 0. The molecule has 0 fully saturated rings. The minimum atomic E-state index is -0.685. The van der Waals surface area contributed by atoms with Gasteiger partial charge in [-0.15, -0.1) is 0 Å². The number of nitrogens with zero attached hydrogens (tertiary/aromatic N) is 1. The van der Waals surface area contributed by atoms with Crippen molar-refractivity contribution in [2.75, 3.05) is 35.0 Å². The summed E-state index contributed by atoms with van der Waals surface area (Å²) in [5.41, 5.74) is 0.235. The van der Waals surface area contributed by atoms with Gasteiger partial charge in [0.2, 0.25) is 11.5 Å². The molecule has 0 aromatic heterocycles. The molecule has 0 saturated heterocycles. The first-order valence-corrected chi connectivity index (χ1v) is 8.35. The fourth-order valence-corrected chi connectivity index (χ4v) is 2.81. The van der Waals surface area contributed by atoms with Gasteiger partial charge in [0, 0.05) is 12.6 Å². The number of para-hydroxylation sites is 1. The Morgan fingerprint density at radius 2 is 1.64 bits per heavy atom. The molecule has 28 heavy (non-hydrogen) atoms. The number of nitrogens with one attached hydrogen (secondary N) is 1. The molecule has 9 nitrogen and oxygen atoms in total. The lowest BCUT2D eigenvalue weighted by atomic mass is 10.1. The van der Waals surface area contributed by atoms with Crippen LogP contribution in [0.1, 0.15) is 15.9 Å². The highest BCUT2D eigenvalue weighted by Gasteiger charge is 2.32. The van der Waals surface area contributed by atoms with Crippen LogP contribution in [-0.2, 0) is 6.42 Å². The van der Waals surface area contributed by atoms with E-state index in [1.807, 2.05) is 24.3 Å². The number of nitro benzene ring substituents is 1. The molecule has 150 valence electrons. The van der Waals surface area contributed by atoms with Gasteiger partial charge < -0.3 is 24.3 Å². The van der Waals surface area contributed by atoms with Crippen molar-refractivity contribution in [3.05, 3.63) is 51.6 Å². The molecule has 1 amide bonds. The van der Waals surface area contributed by atoms with Crippen molar-refractivity contribution in [1.82, 2.24) is 5.32 Å². The highest BCUT2D eigenvalue weighted by molar-refractivity contribution is 6.00. The highest BCUT2D eigenvalue weighted by Crippen LogP contribution is 2.46. The number of rotatable bonds is 9. The number of hydrogen-bond acceptors (Lipinski definition) is 7. The molecule has 1 N–H and O–H groups in total. The van der Waals surface area contributed by atoms with Gasteiger partial charge in [-0.2, -0.15) is 0 Å². The second-order valence-corrected chi connectivity index (χ2v) is 5.62. The summed E-state index contributed by atoms with van der Waals surface area (Å²) in [5, 5.41) is 14.3. The van der Waals surface area contributed by atoms with Crippen molar-refractivity contribution in [1.29, 1.82) is 0 Å². The zero-order valence-electron chi connectivity index (χ0n) is 16.1. The maximum Gasteiger partial charge on any atom is 0.327 e. The topological polar surface area (TPSA) is 109 Å². The van der Waals surface area contributed by atoms with Crippen LogP contribution >= 0.6 is 0 Å². The zero-order valence-corrected chi connectivity index (χ0v) is 16.1. The molecule has 0 atom stereocenters. The third kappa shape index (κ3) is 4.25. The quantitative estimate of drug-likeness (QED) is 0.518. The van der Waals surface area contributed by atoms with Gasteiger partial charge in [-0.05, 0) is 18.1 Å². The predicted octanol–water partition coefficient (Wildman–Crippen LogP) is 2.60. The van der Waals surface area contributed by atoms with Crippen LogP contribution < -0.4 is 24.3 Å². The Bertz CT molecular complexity index is 868. The van der Waals surface area contributed by atoms with Gasteiger partial charge >= 0.3 is 5.69 Å². The molecule has 0 radical (unpaired) electrons. The fourth-order valence-electron chi connectivity index (χ4n) is 2.81. The minimum Gasteiger partial charge on any atom is -0.496 e. The minimum absolute atomic E-state index is 0.0438. The fraction of sp³-hybridized carbons (Fsp3) is 0.316. The van der Waals surface area contributed by atoms with Crippen molar-refractivity contribution < 1.29 is 28.7 Å². The molecular weight excluding hydrogens is 368 g/mol. The third-order valence-electron chi connectivity index (χ3n) is 4.10. The largest absolute Gasteiger partial charge is 0.496 e. The summed E-state index contributed by atoms with van der Waals surface area (Å²) in [6, 6.07) is 8.68. The molecule has 2 aromatic rings. The number of amides is 1. The average Bonchev–Trinajstić information content (AvgIpc) is 2.71. The normalized spacial score (nSPS) is 10.1. The van der Waals surface area contributed by atoms with Crippen LogP contribution in [-0.4, -0.2) is 45.8 Å². The van der Waals surface area contributed by atoms with Gasteiger partial charge in [0.1, 0.15) is 11.3 Å². The maximum atomic E-state index is 12.7. The molecule has 0 unspecified atom stereocenters. The predicted molar refractivity (Wildman–Crippen MR) is 102 cm³/mol. The maximum absolute atomic E-state index is 12.7. The number of ether oxygens (including phenoxy) is 4. The molecule has 0 aliphatic rings. The van der Waals surface area contributed by atoms with E-state index in [1.54, 1.807) is 7.11 Å². The molecule has 0 bridgehead atoms. The van der Waals surface area contributed by atoms with Gasteiger partial charge in [-0.1, -0.05) is 18.2 Å². The number of carbonyl (C=O) groups is 1. The van der Waals surface area contributed by atoms with E-state index in [0.29, 0.717) is 12.2 Å². The summed E-state index contributed by atoms with van der Waals surface area (Å²) in [4.78, 5) is 23.6. The van der Waals surface area contributed by atoms with Crippen LogP contribution in [0.25, 0.3) is 0 Å².